The SMILES string of the molecule is CC(C)C(NS(=O)(=O)c1ccc(NN)nc1)c1cccs1. The molecule has 4 N–H and O–H groups in total. The molecule has 0 saturated heterocycles. The van der Waals surface area contributed by atoms with Gasteiger partial charge in [0.2, 0.25) is 10.0 Å². The van der Waals surface area contributed by atoms with Crippen molar-refractivity contribution in [2.75, 3.05) is 5.43 Å². The fraction of sp³-hybridized carbons (Fsp3) is 0.308. The van der Waals surface area contributed by atoms with Gasteiger partial charge in [-0.15, -0.1) is 11.3 Å². The summed E-state index contributed by atoms with van der Waals surface area (Å²) in [6.45, 7) is 3.96. The van der Waals surface area contributed by atoms with Crippen LogP contribution in [0.3, 0.4) is 0 Å². The van der Waals surface area contributed by atoms with Crippen molar-refractivity contribution in [2.45, 2.75) is 24.8 Å². The first-order valence-corrected chi connectivity index (χ1v) is 8.78. The van der Waals surface area contributed by atoms with Crippen LogP contribution >= 0.6 is 11.3 Å². The minimum atomic E-state index is -3.63. The lowest BCUT2D eigenvalue weighted by atomic mass is 10.0. The van der Waals surface area contributed by atoms with Crippen LogP contribution in [0.15, 0.2) is 40.7 Å². The van der Waals surface area contributed by atoms with Crippen molar-refractivity contribution in [3.05, 3.63) is 40.7 Å². The quantitative estimate of drug-likeness (QED) is 0.558. The molecule has 114 valence electrons. The number of nitrogens with one attached hydrogen (secondary N) is 2. The van der Waals surface area contributed by atoms with Gasteiger partial charge in [-0.2, -0.15) is 0 Å². The Balaban J connectivity index is 2.26. The van der Waals surface area contributed by atoms with E-state index in [1.807, 2.05) is 31.4 Å². The number of sulfonamides is 1. The topological polar surface area (TPSA) is 97.1 Å². The predicted octanol–water partition coefficient (Wildman–Crippen LogP) is 2.10. The summed E-state index contributed by atoms with van der Waals surface area (Å²) in [5.74, 6) is 5.76. The summed E-state index contributed by atoms with van der Waals surface area (Å²) in [6.07, 6.45) is 1.28. The van der Waals surface area contributed by atoms with Crippen LogP contribution in [0.25, 0.3) is 0 Å². The van der Waals surface area contributed by atoms with Gasteiger partial charge in [0.25, 0.3) is 0 Å². The smallest absolute Gasteiger partial charge is 0.242 e. The number of nitrogen functional groups attached to an aromatic ring is 1. The Kier molecular flexibility index (Phi) is 4.94. The molecule has 0 amide bonds. The molecule has 8 heteroatoms. The molecule has 2 aromatic rings. The standard InChI is InChI=1S/C13H18N4O2S2/c1-9(2)13(11-4-3-7-20-11)17-21(18,19)10-5-6-12(16-14)15-8-10/h3-9,13,17H,14H2,1-2H3,(H,15,16). The lowest BCUT2D eigenvalue weighted by molar-refractivity contribution is 0.469. The molecule has 2 aromatic heterocycles. The Morgan fingerprint density at radius 3 is 2.52 bits per heavy atom. The number of pyridine rings is 1. The van der Waals surface area contributed by atoms with E-state index < -0.39 is 10.0 Å². The number of thiophene rings is 1. The normalized spacial score (nSPS) is 13.3. The predicted molar refractivity (Wildman–Crippen MR) is 84.3 cm³/mol. The lowest BCUT2D eigenvalue weighted by Gasteiger charge is -2.21. The van der Waals surface area contributed by atoms with Crippen molar-refractivity contribution >= 4 is 27.2 Å². The molecule has 2 rings (SSSR count). The number of nitrogens with zero attached hydrogens (tertiary/aromatic N) is 1. The molecular weight excluding hydrogens is 308 g/mol. The molecule has 1 atom stereocenters. The largest absolute Gasteiger partial charge is 0.308 e. The van der Waals surface area contributed by atoms with Gasteiger partial charge in [0.1, 0.15) is 10.7 Å². The number of rotatable bonds is 6. The fourth-order valence-corrected chi connectivity index (χ4v) is 4.18. The second-order valence-corrected chi connectivity index (χ2v) is 7.58. The minimum absolute atomic E-state index is 0.115. The van der Waals surface area contributed by atoms with Gasteiger partial charge in [-0.05, 0) is 29.5 Å². The molecule has 0 radical (unpaired) electrons. The summed E-state index contributed by atoms with van der Waals surface area (Å²) in [7, 11) is -3.63. The van der Waals surface area contributed by atoms with E-state index in [2.05, 4.69) is 15.1 Å². The van der Waals surface area contributed by atoms with Crippen LogP contribution in [-0.2, 0) is 10.0 Å². The highest BCUT2D eigenvalue weighted by molar-refractivity contribution is 7.89. The van der Waals surface area contributed by atoms with Gasteiger partial charge in [-0.3, -0.25) is 0 Å². The van der Waals surface area contributed by atoms with Crippen LogP contribution in [0.4, 0.5) is 5.82 Å². The monoisotopic (exact) mass is 326 g/mol. The number of hydrogen-bond donors (Lipinski definition) is 3. The van der Waals surface area contributed by atoms with Gasteiger partial charge in [0.05, 0.1) is 6.04 Å². The first-order valence-electron chi connectivity index (χ1n) is 6.42. The molecule has 2 heterocycles. The molecule has 0 fully saturated rings. The summed E-state index contributed by atoms with van der Waals surface area (Å²) < 4.78 is 27.6. The lowest BCUT2D eigenvalue weighted by Crippen LogP contribution is -2.31. The van der Waals surface area contributed by atoms with Gasteiger partial charge >= 0.3 is 0 Å². The van der Waals surface area contributed by atoms with Crippen LogP contribution in [0, 0.1) is 5.92 Å². The maximum absolute atomic E-state index is 12.4. The average molecular weight is 326 g/mol. The average Bonchev–Trinajstić information content (AvgIpc) is 2.98. The molecule has 0 saturated carbocycles. The van der Waals surface area contributed by atoms with E-state index in [9.17, 15) is 8.42 Å². The molecule has 1 unspecified atom stereocenters. The first kappa shape index (κ1) is 15.9. The number of hydrazine groups is 1. The molecule has 6 nitrogen and oxygen atoms in total. The van der Waals surface area contributed by atoms with Gasteiger partial charge in [0.15, 0.2) is 0 Å². The van der Waals surface area contributed by atoms with Crippen molar-refractivity contribution in [3.63, 3.8) is 0 Å². The van der Waals surface area contributed by atoms with Crippen molar-refractivity contribution in [1.82, 2.24) is 9.71 Å². The highest BCUT2D eigenvalue weighted by Gasteiger charge is 2.24. The molecule has 0 aliphatic heterocycles. The maximum Gasteiger partial charge on any atom is 0.242 e. The third-order valence-electron chi connectivity index (χ3n) is 2.99. The van der Waals surface area contributed by atoms with Crippen LogP contribution < -0.4 is 16.0 Å². The van der Waals surface area contributed by atoms with E-state index in [-0.39, 0.29) is 16.9 Å². The zero-order chi connectivity index (χ0) is 15.5. The van der Waals surface area contributed by atoms with E-state index >= 15 is 0 Å². The number of anilines is 1. The van der Waals surface area contributed by atoms with Crippen LogP contribution in [0.2, 0.25) is 0 Å². The van der Waals surface area contributed by atoms with Crippen LogP contribution in [0.1, 0.15) is 24.8 Å². The molecule has 0 aromatic carbocycles. The summed E-state index contributed by atoms with van der Waals surface area (Å²) >= 11 is 1.53. The minimum Gasteiger partial charge on any atom is -0.308 e. The third-order valence-corrected chi connectivity index (χ3v) is 5.37. The van der Waals surface area contributed by atoms with Crippen molar-refractivity contribution in [3.8, 4) is 0 Å². The molecule has 0 spiro atoms. The maximum atomic E-state index is 12.4. The summed E-state index contributed by atoms with van der Waals surface area (Å²) in [5, 5.41) is 1.93. The van der Waals surface area contributed by atoms with E-state index in [1.54, 1.807) is 0 Å². The number of hydrogen-bond acceptors (Lipinski definition) is 6. The molecule has 0 aliphatic carbocycles. The van der Waals surface area contributed by atoms with Crippen molar-refractivity contribution in [1.29, 1.82) is 0 Å². The second-order valence-electron chi connectivity index (χ2n) is 4.88. The molecule has 0 aliphatic rings. The highest BCUT2D eigenvalue weighted by atomic mass is 32.2. The van der Waals surface area contributed by atoms with Gasteiger partial charge in [-0.25, -0.2) is 24.0 Å². The Labute approximate surface area is 128 Å². The zero-order valence-corrected chi connectivity index (χ0v) is 13.4. The molecular formula is C13H18N4O2S2. The van der Waals surface area contributed by atoms with E-state index in [1.165, 1.54) is 29.7 Å². The first-order chi connectivity index (χ1) is 9.94. The number of aromatic nitrogens is 1. The fourth-order valence-electron chi connectivity index (χ4n) is 1.85. The summed E-state index contributed by atoms with van der Waals surface area (Å²) in [5.41, 5.74) is 2.36. The van der Waals surface area contributed by atoms with Crippen molar-refractivity contribution < 1.29 is 8.42 Å². The van der Waals surface area contributed by atoms with E-state index in [0.717, 1.165) is 4.88 Å². The van der Waals surface area contributed by atoms with Gasteiger partial charge in [0, 0.05) is 11.1 Å². The number of nitrogens with two attached hydrogens (primary N) is 1. The Bertz CT molecular complexity index is 667. The second kappa shape index (κ2) is 6.52. The van der Waals surface area contributed by atoms with Gasteiger partial charge in [-0.1, -0.05) is 19.9 Å². The van der Waals surface area contributed by atoms with Gasteiger partial charge < -0.3 is 5.43 Å². The summed E-state index contributed by atoms with van der Waals surface area (Å²) in [4.78, 5) is 5.03. The van der Waals surface area contributed by atoms with Crippen LogP contribution in [0.5, 0.6) is 0 Å². The van der Waals surface area contributed by atoms with Crippen LogP contribution in [-0.4, -0.2) is 13.4 Å². The van der Waals surface area contributed by atoms with E-state index in [0.29, 0.717) is 5.82 Å². The molecule has 21 heavy (non-hydrogen) atoms. The Hall–Kier alpha value is -1.48. The zero-order valence-electron chi connectivity index (χ0n) is 11.8. The molecule has 0 bridgehead atoms. The highest BCUT2D eigenvalue weighted by Crippen LogP contribution is 2.27. The Morgan fingerprint density at radius 1 is 1.29 bits per heavy atom. The summed E-state index contributed by atoms with van der Waals surface area (Å²) in [6, 6.07) is 6.56. The Morgan fingerprint density at radius 2 is 2.05 bits per heavy atom. The third kappa shape index (κ3) is 3.79. The van der Waals surface area contributed by atoms with E-state index in [4.69, 9.17) is 5.84 Å². The van der Waals surface area contributed by atoms with Crippen molar-refractivity contribution in [2.24, 2.45) is 11.8 Å².